The van der Waals surface area contributed by atoms with E-state index in [2.05, 4.69) is 10.3 Å². The second-order valence-corrected chi connectivity index (χ2v) is 3.77. The summed E-state index contributed by atoms with van der Waals surface area (Å²) >= 11 is 0. The molecule has 18 heavy (non-hydrogen) atoms. The first-order valence-corrected chi connectivity index (χ1v) is 5.22. The molecule has 0 aliphatic carbocycles. The minimum atomic E-state index is -1.30. The number of benzene rings is 1. The summed E-state index contributed by atoms with van der Waals surface area (Å²) in [5.74, 6) is -1.85. The van der Waals surface area contributed by atoms with E-state index in [1.165, 1.54) is 6.92 Å². The lowest BCUT2D eigenvalue weighted by Gasteiger charge is -2.12. The molecule has 0 fully saturated rings. The Balaban J connectivity index is 2.63. The quantitative estimate of drug-likeness (QED) is 0.766. The molecule has 0 radical (unpaired) electrons. The number of carboxylic acids is 1. The van der Waals surface area contributed by atoms with Crippen LogP contribution in [0.5, 0.6) is 0 Å². The smallest absolute Gasteiger partial charge is 0.326 e. The zero-order chi connectivity index (χ0) is 17.5. The zero-order valence-electron chi connectivity index (χ0n) is 14.5. The molecule has 1 aromatic heterocycles. The maximum atomic E-state index is 11.2. The molecule has 1 aromatic carbocycles. The van der Waals surface area contributed by atoms with Crippen LogP contribution in [0.1, 0.15) is 19.3 Å². The second-order valence-electron chi connectivity index (χ2n) is 3.77. The van der Waals surface area contributed by atoms with Crippen molar-refractivity contribution in [1.29, 1.82) is 0 Å². The molecule has 5 heteroatoms. The number of para-hydroxylation sites is 1. The molecule has 2 rings (SSSR count). The van der Waals surface area contributed by atoms with Crippen LogP contribution < -0.4 is 5.32 Å². The predicted molar refractivity (Wildman–Crippen MR) is 67.2 cm³/mol. The van der Waals surface area contributed by atoms with E-state index in [1.807, 2.05) is 0 Å². The van der Waals surface area contributed by atoms with Gasteiger partial charge >= 0.3 is 5.97 Å². The molecule has 0 unspecified atom stereocenters. The molecule has 2 aromatic rings. The summed E-state index contributed by atoms with van der Waals surface area (Å²) in [6.07, 6.45) is -0.473. The number of carbonyl (C=O) groups excluding carboxylic acids is 1. The van der Waals surface area contributed by atoms with Crippen molar-refractivity contribution in [3.05, 3.63) is 35.9 Å². The highest BCUT2D eigenvalue weighted by molar-refractivity contribution is 5.86. The highest BCUT2D eigenvalue weighted by Crippen LogP contribution is 2.19. The van der Waals surface area contributed by atoms with Gasteiger partial charge < -0.3 is 15.4 Å². The number of aromatic nitrogens is 1. The lowest BCUT2D eigenvalue weighted by molar-refractivity contribution is -0.141. The second kappa shape index (κ2) is 4.91. The molecule has 3 N–H and O–H groups in total. The number of carboxylic acid groups (broad SMARTS) is 1. The summed E-state index contributed by atoms with van der Waals surface area (Å²) in [6.45, 7) is 1.17. The van der Waals surface area contributed by atoms with E-state index >= 15 is 0 Å². The van der Waals surface area contributed by atoms with E-state index in [0.717, 1.165) is 0 Å². The topological polar surface area (TPSA) is 82.2 Å². The highest BCUT2D eigenvalue weighted by Gasteiger charge is 2.20. The number of hydrogen-bond acceptors (Lipinski definition) is 2. The average Bonchev–Trinajstić information content (AvgIpc) is 2.79. The van der Waals surface area contributed by atoms with Gasteiger partial charge in [-0.2, -0.15) is 0 Å². The minimum absolute atomic E-state index is 0.0444. The lowest BCUT2D eigenvalue weighted by atomic mass is 10.1. The standard InChI is InChI=1S/C13H14N2O3/c1-8(16)15-12(13(17)18)6-9-7-14-11-5-3-2-4-10(9)11/h2-5,7,12,14H,6H2,1H3,(H,15,16)(H,17,18)/t12-/m0/s1/i2D,3D,4D,5D,7D. The van der Waals surface area contributed by atoms with Crippen molar-refractivity contribution in [1.82, 2.24) is 10.3 Å². The van der Waals surface area contributed by atoms with Crippen molar-refractivity contribution in [2.45, 2.75) is 19.4 Å². The molecule has 0 bridgehead atoms. The first-order chi connectivity index (χ1) is 10.6. The Hall–Kier alpha value is -2.30. The van der Waals surface area contributed by atoms with E-state index in [9.17, 15) is 9.59 Å². The summed E-state index contributed by atoms with van der Waals surface area (Å²) in [5.41, 5.74) is 0.163. The third kappa shape index (κ3) is 2.51. The van der Waals surface area contributed by atoms with Crippen LogP contribution >= 0.6 is 0 Å². The van der Waals surface area contributed by atoms with Crippen molar-refractivity contribution in [2.24, 2.45) is 0 Å². The third-order valence-electron chi connectivity index (χ3n) is 2.41. The zero-order valence-corrected chi connectivity index (χ0v) is 9.55. The van der Waals surface area contributed by atoms with Crippen LogP contribution in [0.3, 0.4) is 0 Å². The predicted octanol–water partition coefficient (Wildman–Crippen LogP) is 1.30. The highest BCUT2D eigenvalue weighted by atomic mass is 16.4. The minimum Gasteiger partial charge on any atom is -0.480 e. The van der Waals surface area contributed by atoms with Crippen molar-refractivity contribution in [3.8, 4) is 0 Å². The van der Waals surface area contributed by atoms with Crippen molar-refractivity contribution >= 4 is 22.8 Å². The number of aliphatic carboxylic acids is 1. The summed E-state index contributed by atoms with van der Waals surface area (Å²) in [6, 6.07) is -2.87. The Morgan fingerprint density at radius 2 is 2.22 bits per heavy atom. The van der Waals surface area contributed by atoms with Crippen LogP contribution in [0.4, 0.5) is 0 Å². The van der Waals surface area contributed by atoms with Crippen molar-refractivity contribution < 1.29 is 21.5 Å². The van der Waals surface area contributed by atoms with Crippen LogP contribution in [0.15, 0.2) is 30.3 Å². The van der Waals surface area contributed by atoms with Gasteiger partial charge in [-0.05, 0) is 11.6 Å². The summed E-state index contributed by atoms with van der Waals surface area (Å²) in [7, 11) is 0. The first kappa shape index (κ1) is 7.20. The van der Waals surface area contributed by atoms with Crippen LogP contribution in [-0.4, -0.2) is 28.0 Å². The molecule has 0 spiro atoms. The summed E-state index contributed by atoms with van der Waals surface area (Å²) in [5, 5.41) is 11.5. The Bertz CT molecular complexity index is 818. The number of nitrogens with one attached hydrogen (secondary N) is 2. The normalized spacial score (nSPS) is 16.2. The monoisotopic (exact) mass is 251 g/mol. The van der Waals surface area contributed by atoms with E-state index in [1.54, 1.807) is 0 Å². The number of amides is 1. The van der Waals surface area contributed by atoms with E-state index in [-0.39, 0.29) is 41.1 Å². The van der Waals surface area contributed by atoms with Gasteiger partial charge in [-0.25, -0.2) is 4.79 Å². The van der Waals surface area contributed by atoms with Crippen LogP contribution in [0.25, 0.3) is 10.9 Å². The number of aromatic amines is 1. The molecule has 0 saturated carbocycles. The number of fused-ring (bicyclic) bond motifs is 1. The van der Waals surface area contributed by atoms with Crippen LogP contribution in [0.2, 0.25) is 0 Å². The first-order valence-electron chi connectivity index (χ1n) is 7.72. The van der Waals surface area contributed by atoms with Gasteiger partial charge in [0.25, 0.3) is 0 Å². The van der Waals surface area contributed by atoms with Gasteiger partial charge in [0.2, 0.25) is 5.91 Å². The number of H-pyrrole nitrogens is 1. The number of hydrogen-bond donors (Lipinski definition) is 3. The van der Waals surface area contributed by atoms with Gasteiger partial charge in [-0.1, -0.05) is 18.1 Å². The fraction of sp³-hybridized carbons (Fsp3) is 0.231. The third-order valence-corrected chi connectivity index (χ3v) is 2.41. The van der Waals surface area contributed by atoms with E-state index in [0.29, 0.717) is 0 Å². The molecule has 0 saturated heterocycles. The molecule has 1 amide bonds. The molecular formula is C13H14N2O3. The maximum Gasteiger partial charge on any atom is 0.326 e. The van der Waals surface area contributed by atoms with Gasteiger partial charge in [0, 0.05) is 30.4 Å². The van der Waals surface area contributed by atoms with Gasteiger partial charge in [0.1, 0.15) is 6.04 Å². The van der Waals surface area contributed by atoms with Crippen LogP contribution in [-0.2, 0) is 16.0 Å². The average molecular weight is 251 g/mol. The summed E-state index contributed by atoms with van der Waals surface area (Å²) in [4.78, 5) is 24.9. The van der Waals surface area contributed by atoms with Crippen LogP contribution in [0, 0.1) is 0 Å². The lowest BCUT2D eigenvalue weighted by Crippen LogP contribution is -2.41. The molecule has 94 valence electrons. The van der Waals surface area contributed by atoms with Gasteiger partial charge in [-0.15, -0.1) is 0 Å². The van der Waals surface area contributed by atoms with Crippen molar-refractivity contribution in [2.75, 3.05) is 0 Å². The Kier molecular flexibility index (Phi) is 1.97. The molecule has 0 aliphatic heterocycles. The molecule has 0 aliphatic rings. The Morgan fingerprint density at radius 1 is 1.50 bits per heavy atom. The summed E-state index contributed by atoms with van der Waals surface area (Å²) < 4.78 is 39.0. The molecule has 1 atom stereocenters. The fourth-order valence-electron chi connectivity index (χ4n) is 1.64. The Morgan fingerprint density at radius 3 is 2.89 bits per heavy atom. The number of carbonyl (C=O) groups is 2. The largest absolute Gasteiger partial charge is 0.480 e. The Labute approximate surface area is 111 Å². The molecular weight excluding hydrogens is 232 g/mol. The van der Waals surface area contributed by atoms with Gasteiger partial charge in [-0.3, -0.25) is 4.79 Å². The van der Waals surface area contributed by atoms with Gasteiger partial charge in [0.15, 0.2) is 0 Å². The van der Waals surface area contributed by atoms with E-state index < -0.39 is 30.0 Å². The molecule has 1 heterocycles. The van der Waals surface area contributed by atoms with Crippen molar-refractivity contribution in [3.63, 3.8) is 0 Å². The molecule has 5 nitrogen and oxygen atoms in total. The van der Waals surface area contributed by atoms with E-state index in [4.69, 9.17) is 12.0 Å². The van der Waals surface area contributed by atoms with Gasteiger partial charge in [0.05, 0.1) is 6.85 Å². The SMILES string of the molecule is [2H]c1[nH]c2c([2H])c([2H])c([2H])c([2H])c2c1C[C@H](NC(C)=O)C(=O)O. The number of rotatable bonds is 4. The fourth-order valence-corrected chi connectivity index (χ4v) is 1.64. The maximum absolute atomic E-state index is 11.2.